The molecule has 1 fully saturated rings. The van der Waals surface area contributed by atoms with Crippen molar-refractivity contribution < 1.29 is 0 Å². The lowest BCUT2D eigenvalue weighted by atomic mass is 10.3. The normalized spacial score (nSPS) is 34.3. The highest BCUT2D eigenvalue weighted by atomic mass is 15.1. The topological polar surface area (TPSA) is 3.24 Å². The van der Waals surface area contributed by atoms with Gasteiger partial charge in [-0.15, -0.1) is 0 Å². The first kappa shape index (κ1) is 5.10. The van der Waals surface area contributed by atoms with E-state index in [1.165, 1.54) is 19.4 Å². The average Bonchev–Trinajstić information content (AvgIpc) is 1.91. The van der Waals surface area contributed by atoms with E-state index >= 15 is 0 Å². The van der Waals surface area contributed by atoms with Gasteiger partial charge in [0.15, 0.2) is 0 Å². The van der Waals surface area contributed by atoms with E-state index in [0.29, 0.717) is 6.04 Å². The Hall–Kier alpha value is -0.0400. The van der Waals surface area contributed by atoms with Gasteiger partial charge in [0.25, 0.3) is 0 Å². The monoisotopic (exact) mass is 97.1 g/mol. The molecule has 1 rings (SSSR count). The van der Waals surface area contributed by atoms with Gasteiger partial charge >= 0.3 is 0 Å². The molecule has 0 spiro atoms. The second kappa shape index (κ2) is 1.83. The highest BCUT2D eigenvalue weighted by Gasteiger charge is 2.14. The van der Waals surface area contributed by atoms with Gasteiger partial charge in [0.05, 0.1) is 0 Å². The second-order valence-corrected chi connectivity index (χ2v) is 2.19. The van der Waals surface area contributed by atoms with Crippen LogP contribution in [-0.2, 0) is 0 Å². The van der Waals surface area contributed by atoms with Gasteiger partial charge in [-0.1, -0.05) is 0 Å². The van der Waals surface area contributed by atoms with Crippen LogP contribution in [0.25, 0.3) is 0 Å². The number of rotatable bonds is 0. The molecular weight excluding hydrogens is 86.1 g/mol. The van der Waals surface area contributed by atoms with Crippen molar-refractivity contribution >= 4 is 0 Å². The van der Waals surface area contributed by atoms with Gasteiger partial charge in [0, 0.05) is 6.04 Å². The van der Waals surface area contributed by atoms with Crippen molar-refractivity contribution in [2.45, 2.75) is 18.9 Å². The molecule has 1 heteroatoms. The first-order valence-electron chi connectivity index (χ1n) is 2.76. The summed E-state index contributed by atoms with van der Waals surface area (Å²) in [7, 11) is 2.07. The molecule has 1 saturated heterocycles. The van der Waals surface area contributed by atoms with Gasteiger partial charge in [-0.25, -0.2) is 0 Å². The van der Waals surface area contributed by atoms with Gasteiger partial charge < -0.3 is 4.90 Å². The van der Waals surface area contributed by atoms with E-state index in [1.54, 1.807) is 0 Å². The third kappa shape index (κ3) is 0.942. The summed E-state index contributed by atoms with van der Waals surface area (Å²) in [6.07, 6.45) is 2.45. The number of hydrogen-bond donors (Lipinski definition) is 0. The van der Waals surface area contributed by atoms with Crippen LogP contribution in [0, 0.1) is 6.92 Å². The summed E-state index contributed by atoms with van der Waals surface area (Å²) in [5, 5.41) is 0. The Balaban J connectivity index is 2.33. The van der Waals surface area contributed by atoms with Crippen LogP contribution in [0.3, 0.4) is 0 Å². The minimum Gasteiger partial charge on any atom is -0.303 e. The molecule has 0 amide bonds. The highest BCUT2D eigenvalue weighted by molar-refractivity contribution is 4.77. The van der Waals surface area contributed by atoms with Crippen molar-refractivity contribution in [2.24, 2.45) is 0 Å². The molecule has 1 aliphatic rings. The van der Waals surface area contributed by atoms with E-state index in [2.05, 4.69) is 11.9 Å². The fraction of sp³-hybridized carbons (Fsp3) is 0.833. The minimum atomic E-state index is 0.347. The maximum atomic E-state index is 5.60. The zero-order chi connectivity index (χ0) is 5.28. The van der Waals surface area contributed by atoms with Crippen molar-refractivity contribution in [1.82, 2.24) is 4.90 Å². The number of likely N-dealkylation sites (tertiary alicyclic amines) is 1. The lowest BCUT2D eigenvalue weighted by Crippen LogP contribution is -2.21. The lowest BCUT2D eigenvalue weighted by molar-refractivity contribution is 0.355. The third-order valence-electron chi connectivity index (χ3n) is 1.58. The molecule has 0 aromatic carbocycles. The molecule has 0 aromatic heterocycles. The molecule has 40 valence electrons. The van der Waals surface area contributed by atoms with E-state index in [4.69, 9.17) is 6.92 Å². The van der Waals surface area contributed by atoms with Crippen molar-refractivity contribution in [2.75, 3.05) is 13.6 Å². The van der Waals surface area contributed by atoms with Crippen molar-refractivity contribution in [3.05, 3.63) is 6.92 Å². The fourth-order valence-corrected chi connectivity index (χ4v) is 0.936. The van der Waals surface area contributed by atoms with E-state index in [-0.39, 0.29) is 0 Å². The minimum absolute atomic E-state index is 0.347. The molecule has 2 radical (unpaired) electrons. The Morgan fingerprint density at radius 1 is 1.71 bits per heavy atom. The smallest absolute Gasteiger partial charge is 0.0128 e. The summed E-state index contributed by atoms with van der Waals surface area (Å²) in [4.78, 5) is 2.18. The van der Waals surface area contributed by atoms with Gasteiger partial charge in [-0.05, 0) is 33.4 Å². The van der Waals surface area contributed by atoms with Crippen LogP contribution in [0.5, 0.6) is 0 Å². The largest absolute Gasteiger partial charge is 0.303 e. The summed E-state index contributed by atoms with van der Waals surface area (Å²) in [6.45, 7) is 6.79. The summed E-state index contributed by atoms with van der Waals surface area (Å²) in [5.74, 6) is 0. The van der Waals surface area contributed by atoms with Gasteiger partial charge in [0.1, 0.15) is 0 Å². The third-order valence-corrected chi connectivity index (χ3v) is 1.58. The standard InChI is InChI=1S/C6H11N/c1-6-4-3-5-7(6)2/h1,6H,3-5H2,2H3/t6-/m1/s1. The highest BCUT2D eigenvalue weighted by Crippen LogP contribution is 2.11. The quantitative estimate of drug-likeness (QED) is 0.432. The van der Waals surface area contributed by atoms with Crippen LogP contribution in [-0.4, -0.2) is 24.5 Å². The number of nitrogens with zero attached hydrogens (tertiary/aromatic N) is 1. The van der Waals surface area contributed by atoms with Gasteiger partial charge in [0.2, 0.25) is 0 Å². The summed E-state index contributed by atoms with van der Waals surface area (Å²) >= 11 is 0. The first-order chi connectivity index (χ1) is 3.30. The Bertz CT molecular complexity index is 53.2. The Morgan fingerprint density at radius 3 is 2.57 bits per heavy atom. The van der Waals surface area contributed by atoms with Crippen molar-refractivity contribution in [3.8, 4) is 0 Å². The molecule has 1 aliphatic heterocycles. The molecule has 7 heavy (non-hydrogen) atoms. The van der Waals surface area contributed by atoms with E-state index in [1.807, 2.05) is 0 Å². The molecule has 0 N–H and O–H groups in total. The molecule has 1 nitrogen and oxygen atoms in total. The molecule has 1 atom stereocenters. The molecule has 0 aromatic rings. The molecule has 0 bridgehead atoms. The molecule has 1 heterocycles. The van der Waals surface area contributed by atoms with Crippen molar-refractivity contribution in [3.63, 3.8) is 0 Å². The molecule has 0 aliphatic carbocycles. The summed E-state index contributed by atoms with van der Waals surface area (Å²) in [6, 6.07) is 0.347. The van der Waals surface area contributed by atoms with Crippen LogP contribution < -0.4 is 0 Å². The Kier molecular flexibility index (Phi) is 1.33. The zero-order valence-electron chi connectivity index (χ0n) is 4.72. The number of hydrogen-bond acceptors (Lipinski definition) is 1. The molecule has 0 saturated carbocycles. The Morgan fingerprint density at radius 2 is 2.43 bits per heavy atom. The maximum absolute atomic E-state index is 5.60. The van der Waals surface area contributed by atoms with Crippen LogP contribution in [0.4, 0.5) is 0 Å². The van der Waals surface area contributed by atoms with E-state index in [0.717, 1.165) is 0 Å². The summed E-state index contributed by atoms with van der Waals surface area (Å²) in [5.41, 5.74) is 0. The SMILES string of the molecule is [CH][C@@H]1CCCN1C. The van der Waals surface area contributed by atoms with E-state index < -0.39 is 0 Å². The predicted molar refractivity (Wildman–Crippen MR) is 30.0 cm³/mol. The average molecular weight is 97.2 g/mol. The predicted octanol–water partition coefficient (Wildman–Crippen LogP) is 0.792. The van der Waals surface area contributed by atoms with Crippen LogP contribution in [0.2, 0.25) is 0 Å². The lowest BCUT2D eigenvalue weighted by Gasteiger charge is -2.11. The van der Waals surface area contributed by atoms with E-state index in [9.17, 15) is 0 Å². The maximum Gasteiger partial charge on any atom is 0.0128 e. The van der Waals surface area contributed by atoms with Crippen LogP contribution in [0.1, 0.15) is 12.8 Å². The zero-order valence-corrected chi connectivity index (χ0v) is 4.72. The Labute approximate surface area is 45.3 Å². The van der Waals surface area contributed by atoms with Crippen molar-refractivity contribution in [1.29, 1.82) is 0 Å². The first-order valence-corrected chi connectivity index (χ1v) is 2.76. The second-order valence-electron chi connectivity index (χ2n) is 2.19. The summed E-state index contributed by atoms with van der Waals surface area (Å²) < 4.78 is 0. The fourth-order valence-electron chi connectivity index (χ4n) is 0.936. The van der Waals surface area contributed by atoms with Crippen LogP contribution >= 0.6 is 0 Å². The van der Waals surface area contributed by atoms with Crippen LogP contribution in [0.15, 0.2) is 0 Å². The molecule has 0 unspecified atom stereocenters. The molecular formula is C6H11N. The van der Waals surface area contributed by atoms with Gasteiger partial charge in [-0.2, -0.15) is 0 Å². The van der Waals surface area contributed by atoms with Gasteiger partial charge in [-0.3, -0.25) is 0 Å².